The van der Waals surface area contributed by atoms with Gasteiger partial charge in [0.1, 0.15) is 5.01 Å². The Morgan fingerprint density at radius 3 is 2.67 bits per heavy atom. The minimum Gasteiger partial charge on any atom is -0.344 e. The number of nitrogens with zero attached hydrogens (tertiary/aromatic N) is 1. The third-order valence-corrected chi connectivity index (χ3v) is 4.91. The quantitative estimate of drug-likeness (QED) is 0.888. The monoisotopic (exact) mass is 287 g/mol. The van der Waals surface area contributed by atoms with Crippen molar-refractivity contribution in [1.29, 1.82) is 0 Å². The van der Waals surface area contributed by atoms with E-state index >= 15 is 0 Å². The Labute approximate surface area is 117 Å². The predicted octanol–water partition coefficient (Wildman–Crippen LogP) is 1.59. The molecule has 100 valence electrons. The fourth-order valence-electron chi connectivity index (χ4n) is 2.31. The highest BCUT2D eigenvalue weighted by Gasteiger charge is 2.44. The fraction of sp³-hybridized carbons (Fsp3) is 0.667. The van der Waals surface area contributed by atoms with Crippen LogP contribution >= 0.6 is 23.7 Å². The normalized spacial score (nSPS) is 21.4. The van der Waals surface area contributed by atoms with Crippen molar-refractivity contribution < 1.29 is 4.79 Å². The summed E-state index contributed by atoms with van der Waals surface area (Å²) in [6, 6.07) is 0. The first-order chi connectivity index (χ1) is 8.20. The van der Waals surface area contributed by atoms with Crippen LogP contribution in [0.2, 0.25) is 0 Å². The Morgan fingerprint density at radius 1 is 1.56 bits per heavy atom. The van der Waals surface area contributed by atoms with Gasteiger partial charge in [0, 0.05) is 24.2 Å². The zero-order chi connectivity index (χ0) is 11.9. The van der Waals surface area contributed by atoms with Crippen molar-refractivity contribution in [3.05, 3.63) is 16.1 Å². The number of halogens is 1. The van der Waals surface area contributed by atoms with Crippen LogP contribution in [0, 0.1) is 12.8 Å². The molecule has 1 aliphatic heterocycles. The number of aryl methyl sites for hydroxylation is 1. The summed E-state index contributed by atoms with van der Waals surface area (Å²) in [6.07, 6.45) is 3.25. The van der Waals surface area contributed by atoms with Crippen LogP contribution in [0.5, 0.6) is 0 Å². The summed E-state index contributed by atoms with van der Waals surface area (Å²) in [5.41, 5.74) is 0.904. The second-order valence-corrected chi connectivity index (χ2v) is 5.93. The molecule has 0 spiro atoms. The molecule has 1 saturated carbocycles. The van der Waals surface area contributed by atoms with Gasteiger partial charge in [-0.3, -0.25) is 4.79 Å². The molecule has 0 radical (unpaired) electrons. The zero-order valence-corrected chi connectivity index (χ0v) is 12.0. The van der Waals surface area contributed by atoms with E-state index in [0.717, 1.165) is 36.6 Å². The van der Waals surface area contributed by atoms with Crippen LogP contribution in [0.3, 0.4) is 0 Å². The molecule has 1 aromatic rings. The topological polar surface area (TPSA) is 54.0 Å². The molecule has 2 N–H and O–H groups in total. The molecule has 2 heterocycles. The zero-order valence-electron chi connectivity index (χ0n) is 10.4. The van der Waals surface area contributed by atoms with E-state index in [4.69, 9.17) is 0 Å². The molecule has 6 heteroatoms. The molecule has 1 saturated heterocycles. The van der Waals surface area contributed by atoms with Crippen LogP contribution in [-0.2, 0) is 10.3 Å². The Hall–Kier alpha value is -0.650. The largest absolute Gasteiger partial charge is 0.344 e. The number of rotatable bonds is 3. The number of carbonyl (C=O) groups is 1. The molecule has 1 aliphatic carbocycles. The van der Waals surface area contributed by atoms with Gasteiger partial charge in [0.05, 0.1) is 11.5 Å². The standard InChI is InChI=1S/C12H17N3OS.ClH/c1-8-7-17-11(14-8)12(3-2-4-12)15-10(16)9-5-13-6-9;/h7,9,13H,2-6H2,1H3,(H,15,16);1H. The molecule has 3 rings (SSSR count). The van der Waals surface area contributed by atoms with Crippen LogP contribution in [-0.4, -0.2) is 24.0 Å². The molecule has 2 aliphatic rings. The van der Waals surface area contributed by atoms with Gasteiger partial charge in [-0.05, 0) is 26.2 Å². The van der Waals surface area contributed by atoms with Crippen LogP contribution < -0.4 is 10.6 Å². The predicted molar refractivity (Wildman–Crippen MR) is 74.1 cm³/mol. The van der Waals surface area contributed by atoms with Gasteiger partial charge < -0.3 is 10.6 Å². The minimum atomic E-state index is -0.147. The molecule has 4 nitrogen and oxygen atoms in total. The lowest BCUT2D eigenvalue weighted by Gasteiger charge is -2.42. The van der Waals surface area contributed by atoms with Gasteiger partial charge in [-0.25, -0.2) is 4.98 Å². The SMILES string of the molecule is Cc1csc(C2(NC(=O)C3CNC3)CCC2)n1.Cl. The van der Waals surface area contributed by atoms with Crippen LogP contribution in [0.15, 0.2) is 5.38 Å². The molecule has 0 aromatic carbocycles. The van der Waals surface area contributed by atoms with Crippen molar-refractivity contribution in [1.82, 2.24) is 15.6 Å². The highest BCUT2D eigenvalue weighted by atomic mass is 35.5. The summed E-state index contributed by atoms with van der Waals surface area (Å²) >= 11 is 1.67. The average molecular weight is 288 g/mol. The summed E-state index contributed by atoms with van der Waals surface area (Å²) in [6.45, 7) is 3.64. The second kappa shape index (κ2) is 5.15. The van der Waals surface area contributed by atoms with E-state index in [9.17, 15) is 4.79 Å². The number of nitrogens with one attached hydrogen (secondary N) is 2. The lowest BCUT2D eigenvalue weighted by Crippen LogP contribution is -2.58. The van der Waals surface area contributed by atoms with E-state index in [-0.39, 0.29) is 29.8 Å². The maximum atomic E-state index is 12.0. The summed E-state index contributed by atoms with van der Waals surface area (Å²) < 4.78 is 0. The van der Waals surface area contributed by atoms with Gasteiger partial charge in [0.2, 0.25) is 5.91 Å². The molecular formula is C12H18ClN3OS. The number of amides is 1. The minimum absolute atomic E-state index is 0. The Kier molecular flexibility index (Phi) is 3.94. The molecule has 18 heavy (non-hydrogen) atoms. The highest BCUT2D eigenvalue weighted by molar-refractivity contribution is 7.09. The molecule has 1 aromatic heterocycles. The van der Waals surface area contributed by atoms with Gasteiger partial charge in [0.25, 0.3) is 0 Å². The molecule has 0 atom stereocenters. The molecular weight excluding hydrogens is 270 g/mol. The second-order valence-electron chi connectivity index (χ2n) is 5.07. The first kappa shape index (κ1) is 13.8. The molecule has 0 bridgehead atoms. The van der Waals surface area contributed by atoms with E-state index in [2.05, 4.69) is 21.0 Å². The summed E-state index contributed by atoms with van der Waals surface area (Å²) in [5, 5.41) is 9.51. The Bertz CT molecular complexity index is 440. The first-order valence-electron chi connectivity index (χ1n) is 6.15. The summed E-state index contributed by atoms with van der Waals surface area (Å²) in [4.78, 5) is 16.6. The van der Waals surface area contributed by atoms with E-state index in [1.165, 1.54) is 6.42 Å². The van der Waals surface area contributed by atoms with Crippen LogP contribution in [0.4, 0.5) is 0 Å². The van der Waals surface area contributed by atoms with Crippen LogP contribution in [0.1, 0.15) is 30.0 Å². The maximum Gasteiger partial charge on any atom is 0.226 e. The van der Waals surface area contributed by atoms with E-state index in [1.54, 1.807) is 11.3 Å². The fourth-order valence-corrected chi connectivity index (χ4v) is 3.32. The molecule has 0 unspecified atom stereocenters. The van der Waals surface area contributed by atoms with E-state index < -0.39 is 0 Å². The van der Waals surface area contributed by atoms with Gasteiger partial charge in [-0.2, -0.15) is 0 Å². The summed E-state index contributed by atoms with van der Waals surface area (Å²) in [7, 11) is 0. The number of aromatic nitrogens is 1. The van der Waals surface area contributed by atoms with Crippen molar-refractivity contribution in [2.24, 2.45) is 5.92 Å². The van der Waals surface area contributed by atoms with Gasteiger partial charge in [-0.15, -0.1) is 23.7 Å². The number of thiazole rings is 1. The average Bonchev–Trinajstić information content (AvgIpc) is 2.55. The van der Waals surface area contributed by atoms with Gasteiger partial charge in [-0.1, -0.05) is 0 Å². The third-order valence-electron chi connectivity index (χ3n) is 3.75. The van der Waals surface area contributed by atoms with Gasteiger partial charge >= 0.3 is 0 Å². The Balaban J connectivity index is 0.00000120. The first-order valence-corrected chi connectivity index (χ1v) is 7.03. The Morgan fingerprint density at radius 2 is 2.28 bits per heavy atom. The lowest BCUT2D eigenvalue weighted by molar-refractivity contribution is -0.129. The number of carbonyl (C=O) groups excluding carboxylic acids is 1. The van der Waals surface area contributed by atoms with E-state index in [0.29, 0.717) is 0 Å². The van der Waals surface area contributed by atoms with E-state index in [1.807, 2.05) is 6.92 Å². The molecule has 2 fully saturated rings. The third kappa shape index (κ3) is 2.27. The number of hydrogen-bond donors (Lipinski definition) is 2. The van der Waals surface area contributed by atoms with Crippen molar-refractivity contribution in [2.75, 3.05) is 13.1 Å². The van der Waals surface area contributed by atoms with Crippen molar-refractivity contribution in [2.45, 2.75) is 31.7 Å². The lowest BCUT2D eigenvalue weighted by atomic mass is 9.76. The highest BCUT2D eigenvalue weighted by Crippen LogP contribution is 2.42. The smallest absolute Gasteiger partial charge is 0.226 e. The van der Waals surface area contributed by atoms with Crippen LogP contribution in [0.25, 0.3) is 0 Å². The summed E-state index contributed by atoms with van der Waals surface area (Å²) in [5.74, 6) is 0.352. The van der Waals surface area contributed by atoms with Crippen molar-refractivity contribution in [3.8, 4) is 0 Å². The van der Waals surface area contributed by atoms with Gasteiger partial charge in [0.15, 0.2) is 0 Å². The van der Waals surface area contributed by atoms with Crippen molar-refractivity contribution in [3.63, 3.8) is 0 Å². The van der Waals surface area contributed by atoms with Crippen molar-refractivity contribution >= 4 is 29.7 Å². The number of hydrogen-bond acceptors (Lipinski definition) is 4. The maximum absolute atomic E-state index is 12.0. The molecule has 1 amide bonds.